The molecule has 1 aromatic heterocycles. The molecule has 0 bridgehead atoms. The van der Waals surface area contributed by atoms with Crippen LogP contribution in [0.1, 0.15) is 28.5 Å². The first-order valence-electron chi connectivity index (χ1n) is 8.41. The van der Waals surface area contributed by atoms with E-state index in [-0.39, 0.29) is 11.6 Å². The van der Waals surface area contributed by atoms with Crippen LogP contribution in [0.5, 0.6) is 5.75 Å². The number of halogens is 2. The van der Waals surface area contributed by atoms with Gasteiger partial charge in [-0.05, 0) is 59.7 Å². The highest BCUT2D eigenvalue weighted by Gasteiger charge is 2.23. The fourth-order valence-electron chi connectivity index (χ4n) is 2.52. The average Bonchev–Trinajstić information content (AvgIpc) is 3.05. The van der Waals surface area contributed by atoms with Crippen LogP contribution >= 0.6 is 38.5 Å². The van der Waals surface area contributed by atoms with Gasteiger partial charge < -0.3 is 14.6 Å². The van der Waals surface area contributed by atoms with E-state index >= 15 is 0 Å². The van der Waals surface area contributed by atoms with Gasteiger partial charge in [0.1, 0.15) is 12.4 Å². The maximum Gasteiger partial charge on any atom is 0.274 e. The van der Waals surface area contributed by atoms with Gasteiger partial charge in [0.25, 0.3) is 5.91 Å². The summed E-state index contributed by atoms with van der Waals surface area (Å²) in [6.07, 6.45) is 0. The largest absolute Gasteiger partial charge is 0.488 e. The van der Waals surface area contributed by atoms with Crippen molar-refractivity contribution < 1.29 is 14.1 Å². The van der Waals surface area contributed by atoms with Crippen LogP contribution in [0.2, 0.25) is 0 Å². The van der Waals surface area contributed by atoms with Crippen molar-refractivity contribution in [3.8, 4) is 17.1 Å². The van der Waals surface area contributed by atoms with E-state index < -0.39 is 0 Å². The van der Waals surface area contributed by atoms with Crippen molar-refractivity contribution in [1.29, 1.82) is 0 Å². The lowest BCUT2D eigenvalue weighted by Crippen LogP contribution is -2.23. The van der Waals surface area contributed by atoms with Crippen molar-refractivity contribution in [2.24, 2.45) is 0 Å². The Labute approximate surface area is 179 Å². The van der Waals surface area contributed by atoms with Crippen LogP contribution in [-0.2, 0) is 6.61 Å². The number of nitrogens with one attached hydrogen (secondary N) is 1. The Bertz CT molecular complexity index is 957. The second-order valence-corrected chi connectivity index (χ2v) is 7.84. The number of carbonyl (C=O) groups excluding carboxylic acids is 1. The van der Waals surface area contributed by atoms with E-state index in [2.05, 4.69) is 49.0 Å². The lowest BCUT2D eigenvalue weighted by atomic mass is 10.1. The van der Waals surface area contributed by atoms with Gasteiger partial charge >= 0.3 is 0 Å². The number of ether oxygens (including phenoxy) is 1. The molecule has 1 amide bonds. The molecule has 0 aliphatic heterocycles. The van der Waals surface area contributed by atoms with E-state index in [9.17, 15) is 4.79 Å². The number of hydrogen-bond acceptors (Lipinski definition) is 4. The van der Waals surface area contributed by atoms with Crippen LogP contribution in [0.25, 0.3) is 11.3 Å². The Morgan fingerprint density at radius 3 is 2.74 bits per heavy atom. The standard InChI is InChI=1S/C20H18BrIN2O3/c1-3-23-20(25)18-17(22)19(27-24-18)14-10-15(21)12(2)9-16(14)26-11-13-7-5-4-6-8-13/h4-10H,3,11H2,1-2H3,(H,23,25). The summed E-state index contributed by atoms with van der Waals surface area (Å²) in [4.78, 5) is 12.1. The fourth-order valence-corrected chi connectivity index (χ4v) is 3.59. The summed E-state index contributed by atoms with van der Waals surface area (Å²) in [6, 6.07) is 13.8. The zero-order valence-electron chi connectivity index (χ0n) is 14.9. The summed E-state index contributed by atoms with van der Waals surface area (Å²) in [5, 5.41) is 6.70. The topological polar surface area (TPSA) is 64.4 Å². The molecule has 3 rings (SSSR count). The Kier molecular flexibility index (Phi) is 6.54. The molecule has 0 aliphatic rings. The lowest BCUT2D eigenvalue weighted by molar-refractivity contribution is 0.0946. The summed E-state index contributed by atoms with van der Waals surface area (Å²) in [6.45, 7) is 4.81. The number of aromatic nitrogens is 1. The van der Waals surface area contributed by atoms with Crippen molar-refractivity contribution >= 4 is 44.4 Å². The van der Waals surface area contributed by atoms with Crippen LogP contribution in [0.3, 0.4) is 0 Å². The van der Waals surface area contributed by atoms with Gasteiger partial charge in [-0.2, -0.15) is 0 Å². The lowest BCUT2D eigenvalue weighted by Gasteiger charge is -2.12. The van der Waals surface area contributed by atoms with Crippen molar-refractivity contribution in [1.82, 2.24) is 10.5 Å². The smallest absolute Gasteiger partial charge is 0.274 e. The molecule has 0 spiro atoms. The zero-order chi connectivity index (χ0) is 19.4. The number of hydrogen-bond donors (Lipinski definition) is 1. The summed E-state index contributed by atoms with van der Waals surface area (Å²) >= 11 is 5.64. The minimum atomic E-state index is -0.255. The Morgan fingerprint density at radius 1 is 1.30 bits per heavy atom. The number of amides is 1. The first kappa shape index (κ1) is 19.9. The molecule has 140 valence electrons. The van der Waals surface area contributed by atoms with Crippen LogP contribution in [0.15, 0.2) is 51.5 Å². The van der Waals surface area contributed by atoms with E-state index in [0.717, 1.165) is 21.2 Å². The molecule has 0 atom stereocenters. The molecule has 27 heavy (non-hydrogen) atoms. The van der Waals surface area contributed by atoms with E-state index in [0.29, 0.717) is 28.2 Å². The maximum absolute atomic E-state index is 12.1. The van der Waals surface area contributed by atoms with E-state index in [1.165, 1.54) is 0 Å². The van der Waals surface area contributed by atoms with Gasteiger partial charge in [-0.25, -0.2) is 0 Å². The molecule has 3 aromatic rings. The van der Waals surface area contributed by atoms with E-state index in [1.807, 2.05) is 56.3 Å². The Hall–Kier alpha value is -1.87. The van der Waals surface area contributed by atoms with Crippen LogP contribution in [0, 0.1) is 10.5 Å². The minimum absolute atomic E-state index is 0.255. The van der Waals surface area contributed by atoms with Gasteiger partial charge in [-0.3, -0.25) is 4.79 Å². The molecule has 1 heterocycles. The van der Waals surface area contributed by atoms with Crippen LogP contribution < -0.4 is 10.1 Å². The first-order valence-corrected chi connectivity index (χ1v) is 10.3. The fraction of sp³-hybridized carbons (Fsp3) is 0.200. The molecule has 0 aliphatic carbocycles. The van der Waals surface area contributed by atoms with Crippen molar-refractivity contribution in [2.45, 2.75) is 20.5 Å². The highest BCUT2D eigenvalue weighted by molar-refractivity contribution is 14.1. The van der Waals surface area contributed by atoms with Gasteiger partial charge in [0.15, 0.2) is 11.5 Å². The zero-order valence-corrected chi connectivity index (χ0v) is 18.6. The second kappa shape index (κ2) is 8.88. The third-order valence-corrected chi connectivity index (χ3v) is 5.79. The number of aryl methyl sites for hydroxylation is 1. The molecular formula is C20H18BrIN2O3. The summed E-state index contributed by atoms with van der Waals surface area (Å²) < 4.78 is 13.2. The summed E-state index contributed by atoms with van der Waals surface area (Å²) in [5.41, 5.74) is 3.13. The molecule has 0 saturated carbocycles. The van der Waals surface area contributed by atoms with Gasteiger partial charge in [-0.1, -0.05) is 51.4 Å². The van der Waals surface area contributed by atoms with Crippen molar-refractivity contribution in [3.63, 3.8) is 0 Å². The molecule has 1 N–H and O–H groups in total. The Balaban J connectivity index is 1.97. The summed E-state index contributed by atoms with van der Waals surface area (Å²) in [7, 11) is 0. The number of nitrogens with zero attached hydrogens (tertiary/aromatic N) is 1. The number of benzene rings is 2. The SMILES string of the molecule is CCNC(=O)c1noc(-c2cc(Br)c(C)cc2OCc2ccccc2)c1I. The molecule has 0 radical (unpaired) electrons. The highest BCUT2D eigenvalue weighted by atomic mass is 127. The third-order valence-electron chi connectivity index (χ3n) is 3.93. The van der Waals surface area contributed by atoms with Crippen LogP contribution in [-0.4, -0.2) is 17.6 Å². The minimum Gasteiger partial charge on any atom is -0.488 e. The molecule has 0 saturated heterocycles. The van der Waals surface area contributed by atoms with Gasteiger partial charge in [0.2, 0.25) is 0 Å². The molecule has 7 heteroatoms. The predicted octanol–water partition coefficient (Wildman–Crippen LogP) is 5.35. The third kappa shape index (κ3) is 4.52. The normalized spacial score (nSPS) is 10.7. The molecular weight excluding hydrogens is 523 g/mol. The quantitative estimate of drug-likeness (QED) is 0.428. The second-order valence-electron chi connectivity index (χ2n) is 5.91. The monoisotopic (exact) mass is 540 g/mol. The number of rotatable bonds is 6. The van der Waals surface area contributed by atoms with Crippen molar-refractivity contribution in [2.75, 3.05) is 6.54 Å². The van der Waals surface area contributed by atoms with Gasteiger partial charge in [0, 0.05) is 11.0 Å². The predicted molar refractivity (Wildman–Crippen MR) is 116 cm³/mol. The molecule has 0 fully saturated rings. The molecule has 5 nitrogen and oxygen atoms in total. The van der Waals surface area contributed by atoms with Gasteiger partial charge in [0.05, 0.1) is 9.13 Å². The highest BCUT2D eigenvalue weighted by Crippen LogP contribution is 2.38. The van der Waals surface area contributed by atoms with Crippen LogP contribution in [0.4, 0.5) is 0 Å². The van der Waals surface area contributed by atoms with Gasteiger partial charge in [-0.15, -0.1) is 0 Å². The summed E-state index contributed by atoms with van der Waals surface area (Å²) in [5.74, 6) is 0.937. The molecule has 2 aromatic carbocycles. The first-order chi connectivity index (χ1) is 13.0. The van der Waals surface area contributed by atoms with E-state index in [4.69, 9.17) is 9.26 Å². The maximum atomic E-state index is 12.1. The van der Waals surface area contributed by atoms with E-state index in [1.54, 1.807) is 0 Å². The van der Waals surface area contributed by atoms with Crippen molar-refractivity contribution in [3.05, 3.63) is 67.3 Å². The number of carbonyl (C=O) groups is 1. The average molecular weight is 541 g/mol. The molecule has 0 unspecified atom stereocenters. The Morgan fingerprint density at radius 2 is 2.04 bits per heavy atom.